The number of carbonyl (C=O) groups is 1. The smallest absolute Gasteiger partial charge is 0.313 e. The number of aromatic amines is 1. The van der Waals surface area contributed by atoms with E-state index in [4.69, 9.17) is 5.11 Å². The fourth-order valence-electron chi connectivity index (χ4n) is 2.41. The lowest BCUT2D eigenvalue weighted by atomic mass is 10.0. The number of imidazole rings is 1. The van der Waals surface area contributed by atoms with Crippen LogP contribution in [-0.2, 0) is 17.6 Å². The second kappa shape index (κ2) is 5.09. The molecule has 2 N–H and O–H groups in total. The van der Waals surface area contributed by atoms with Crippen LogP contribution in [0.1, 0.15) is 17.7 Å². The monoisotopic (exact) mass is 274 g/mol. The molecule has 19 heavy (non-hydrogen) atoms. The van der Waals surface area contributed by atoms with Crippen molar-refractivity contribution in [1.29, 1.82) is 0 Å². The highest BCUT2D eigenvalue weighted by Crippen LogP contribution is 2.32. The van der Waals surface area contributed by atoms with Gasteiger partial charge in [0.1, 0.15) is 0 Å². The number of nitrogens with one attached hydrogen (secondary N) is 1. The van der Waals surface area contributed by atoms with Gasteiger partial charge in [0.25, 0.3) is 0 Å². The molecule has 1 aliphatic rings. The zero-order valence-corrected chi connectivity index (χ0v) is 11.2. The third-order valence-electron chi connectivity index (χ3n) is 3.23. The summed E-state index contributed by atoms with van der Waals surface area (Å²) in [5.74, 6) is -0.786. The Bertz CT molecular complexity index is 622. The lowest BCUT2D eigenvalue weighted by molar-refractivity contribution is -0.133. The van der Waals surface area contributed by atoms with Crippen molar-refractivity contribution >= 4 is 17.7 Å². The molecule has 1 aromatic heterocycles. The van der Waals surface area contributed by atoms with Crippen molar-refractivity contribution < 1.29 is 9.90 Å². The van der Waals surface area contributed by atoms with Gasteiger partial charge in [-0.1, -0.05) is 36.0 Å². The molecule has 0 radical (unpaired) electrons. The standard InChI is InChI=1S/C14H14N2O2S/c17-12(18)8-19-14-15-11-7-3-5-9-4-1-2-6-10(9)13(11)16-14/h1-2,4,6H,3,5,7-8H2,(H,15,16)(H,17,18). The topological polar surface area (TPSA) is 66.0 Å². The molecule has 0 aliphatic heterocycles. The molecule has 0 saturated heterocycles. The minimum atomic E-state index is -0.822. The summed E-state index contributed by atoms with van der Waals surface area (Å²) >= 11 is 1.24. The van der Waals surface area contributed by atoms with Crippen LogP contribution in [0, 0.1) is 0 Å². The normalized spacial score (nSPS) is 13.5. The van der Waals surface area contributed by atoms with Crippen molar-refractivity contribution in [2.45, 2.75) is 24.4 Å². The van der Waals surface area contributed by atoms with E-state index in [0.717, 1.165) is 30.7 Å². The molecule has 0 atom stereocenters. The Balaban J connectivity index is 1.97. The third-order valence-corrected chi connectivity index (χ3v) is 4.09. The summed E-state index contributed by atoms with van der Waals surface area (Å²) in [6.45, 7) is 0. The highest BCUT2D eigenvalue weighted by Gasteiger charge is 2.18. The van der Waals surface area contributed by atoms with Gasteiger partial charge in [-0.15, -0.1) is 0 Å². The summed E-state index contributed by atoms with van der Waals surface area (Å²) in [4.78, 5) is 18.4. The molecule has 0 amide bonds. The number of carboxylic acid groups (broad SMARTS) is 1. The molecule has 0 saturated carbocycles. The Hall–Kier alpha value is -1.75. The molecule has 0 bridgehead atoms. The molecule has 1 heterocycles. The van der Waals surface area contributed by atoms with Gasteiger partial charge in [-0.05, 0) is 24.8 Å². The van der Waals surface area contributed by atoms with Crippen molar-refractivity contribution in [2.75, 3.05) is 5.75 Å². The van der Waals surface area contributed by atoms with Crippen LogP contribution in [0.4, 0.5) is 0 Å². The van der Waals surface area contributed by atoms with Gasteiger partial charge in [0, 0.05) is 11.3 Å². The lowest BCUT2D eigenvalue weighted by Crippen LogP contribution is -1.98. The van der Waals surface area contributed by atoms with E-state index in [9.17, 15) is 4.79 Å². The Labute approximate surface area is 115 Å². The number of aromatic nitrogens is 2. The van der Waals surface area contributed by atoms with E-state index in [1.807, 2.05) is 6.07 Å². The maximum absolute atomic E-state index is 10.6. The van der Waals surface area contributed by atoms with Crippen LogP contribution in [0.15, 0.2) is 29.4 Å². The fourth-order valence-corrected chi connectivity index (χ4v) is 3.02. The SMILES string of the molecule is O=C(O)CSc1nc2c([nH]1)CCCc1ccccc1-2. The summed E-state index contributed by atoms with van der Waals surface area (Å²) in [7, 11) is 0. The maximum atomic E-state index is 10.6. The number of nitrogens with zero attached hydrogens (tertiary/aromatic N) is 1. The average Bonchev–Trinajstić information content (AvgIpc) is 2.73. The molecule has 2 aromatic rings. The molecule has 5 heteroatoms. The average molecular weight is 274 g/mol. The number of benzene rings is 1. The predicted octanol–water partition coefficient (Wildman–Crippen LogP) is 2.74. The van der Waals surface area contributed by atoms with Gasteiger partial charge >= 0.3 is 5.97 Å². The lowest BCUT2D eigenvalue weighted by Gasteiger charge is -2.03. The zero-order valence-electron chi connectivity index (χ0n) is 10.3. The summed E-state index contributed by atoms with van der Waals surface area (Å²) in [6, 6.07) is 8.30. The van der Waals surface area contributed by atoms with Gasteiger partial charge in [0.15, 0.2) is 5.16 Å². The van der Waals surface area contributed by atoms with Gasteiger partial charge in [-0.25, -0.2) is 4.98 Å². The molecule has 0 unspecified atom stereocenters. The molecular formula is C14H14N2O2S. The fraction of sp³-hybridized carbons (Fsp3) is 0.286. The molecule has 0 fully saturated rings. The van der Waals surface area contributed by atoms with Crippen molar-refractivity contribution in [3.05, 3.63) is 35.5 Å². The Morgan fingerprint density at radius 1 is 1.37 bits per heavy atom. The molecule has 1 aromatic carbocycles. The van der Waals surface area contributed by atoms with Gasteiger partial charge in [0.2, 0.25) is 0 Å². The Morgan fingerprint density at radius 3 is 3.05 bits per heavy atom. The second-order valence-corrected chi connectivity index (χ2v) is 5.53. The molecule has 98 valence electrons. The van der Waals surface area contributed by atoms with Crippen LogP contribution in [0.3, 0.4) is 0 Å². The van der Waals surface area contributed by atoms with Gasteiger partial charge in [-0.2, -0.15) is 0 Å². The third kappa shape index (κ3) is 2.51. The summed E-state index contributed by atoms with van der Waals surface area (Å²) < 4.78 is 0. The van der Waals surface area contributed by atoms with Crippen LogP contribution in [0.2, 0.25) is 0 Å². The molecule has 4 nitrogen and oxygen atoms in total. The molecule has 3 rings (SSSR count). The second-order valence-electron chi connectivity index (χ2n) is 4.56. The number of H-pyrrole nitrogens is 1. The minimum absolute atomic E-state index is 0.0358. The maximum Gasteiger partial charge on any atom is 0.313 e. The number of aliphatic carboxylic acids is 1. The molecule has 1 aliphatic carbocycles. The zero-order chi connectivity index (χ0) is 13.2. The highest BCUT2D eigenvalue weighted by molar-refractivity contribution is 7.99. The number of hydrogen-bond acceptors (Lipinski definition) is 3. The Morgan fingerprint density at radius 2 is 2.21 bits per heavy atom. The van der Waals surface area contributed by atoms with Gasteiger partial charge in [0.05, 0.1) is 11.4 Å². The van der Waals surface area contributed by atoms with E-state index in [0.29, 0.717) is 5.16 Å². The number of fused-ring (bicyclic) bond motifs is 3. The number of aryl methyl sites for hydroxylation is 2. The predicted molar refractivity (Wildman–Crippen MR) is 74.4 cm³/mol. The number of carboxylic acids is 1. The minimum Gasteiger partial charge on any atom is -0.481 e. The van der Waals surface area contributed by atoms with E-state index in [1.165, 1.54) is 22.9 Å². The first-order valence-electron chi connectivity index (χ1n) is 6.26. The van der Waals surface area contributed by atoms with Crippen molar-refractivity contribution in [3.8, 4) is 11.3 Å². The quantitative estimate of drug-likeness (QED) is 0.845. The number of rotatable bonds is 3. The first-order chi connectivity index (χ1) is 9.24. The number of thioether (sulfide) groups is 1. The summed E-state index contributed by atoms with van der Waals surface area (Å²) in [5, 5.41) is 9.42. The van der Waals surface area contributed by atoms with Crippen molar-refractivity contribution in [3.63, 3.8) is 0 Å². The van der Waals surface area contributed by atoms with Crippen molar-refractivity contribution in [1.82, 2.24) is 9.97 Å². The van der Waals surface area contributed by atoms with Crippen LogP contribution >= 0.6 is 11.8 Å². The molecule has 0 spiro atoms. The largest absolute Gasteiger partial charge is 0.481 e. The van der Waals surface area contributed by atoms with Crippen LogP contribution in [0.5, 0.6) is 0 Å². The van der Waals surface area contributed by atoms with Crippen LogP contribution < -0.4 is 0 Å². The van der Waals surface area contributed by atoms with Gasteiger partial charge in [-0.3, -0.25) is 4.79 Å². The van der Waals surface area contributed by atoms with Gasteiger partial charge < -0.3 is 10.1 Å². The summed E-state index contributed by atoms with van der Waals surface area (Å²) in [6.07, 6.45) is 3.12. The van der Waals surface area contributed by atoms with Crippen molar-refractivity contribution in [2.24, 2.45) is 0 Å². The van der Waals surface area contributed by atoms with E-state index in [1.54, 1.807) is 0 Å². The molecular weight excluding hydrogens is 260 g/mol. The van der Waals surface area contributed by atoms with E-state index >= 15 is 0 Å². The number of hydrogen-bond donors (Lipinski definition) is 2. The van der Waals surface area contributed by atoms with Crippen LogP contribution in [-0.4, -0.2) is 26.8 Å². The first-order valence-corrected chi connectivity index (χ1v) is 7.24. The van der Waals surface area contributed by atoms with E-state index in [-0.39, 0.29) is 5.75 Å². The first kappa shape index (κ1) is 12.3. The Kier molecular flexibility index (Phi) is 3.29. The van der Waals surface area contributed by atoms with E-state index < -0.39 is 5.97 Å². The van der Waals surface area contributed by atoms with Crippen LogP contribution in [0.25, 0.3) is 11.3 Å². The van der Waals surface area contributed by atoms with E-state index in [2.05, 4.69) is 28.2 Å². The highest BCUT2D eigenvalue weighted by atomic mass is 32.2. The summed E-state index contributed by atoms with van der Waals surface area (Å²) in [5.41, 5.74) is 4.61.